The fourth-order valence-electron chi connectivity index (χ4n) is 5.58. The average molecular weight is 510 g/mol. The number of fused-ring (bicyclic) bond motifs is 2. The molecule has 0 atom stereocenters. The van der Waals surface area contributed by atoms with Gasteiger partial charge in [0.25, 0.3) is 0 Å². The van der Waals surface area contributed by atoms with E-state index < -0.39 is 5.97 Å². The zero-order valence-electron chi connectivity index (χ0n) is 22.7. The molecule has 0 aliphatic rings. The molecule has 5 aromatic rings. The van der Waals surface area contributed by atoms with Crippen molar-refractivity contribution in [2.75, 3.05) is 6.61 Å². The van der Waals surface area contributed by atoms with Crippen LogP contribution in [0.2, 0.25) is 0 Å². The molecular weight excluding hydrogens is 474 g/mol. The molecule has 3 aromatic carbocycles. The van der Waals surface area contributed by atoms with Gasteiger partial charge in [0.15, 0.2) is 0 Å². The monoisotopic (exact) mass is 509 g/mol. The second-order valence-corrected chi connectivity index (χ2v) is 10.5. The van der Waals surface area contributed by atoms with Gasteiger partial charge in [-0.05, 0) is 41.7 Å². The summed E-state index contributed by atoms with van der Waals surface area (Å²) in [4.78, 5) is 15.6. The van der Waals surface area contributed by atoms with Crippen molar-refractivity contribution in [3.05, 3.63) is 83.3 Å². The Balaban J connectivity index is 1.49. The summed E-state index contributed by atoms with van der Waals surface area (Å²) in [5.41, 5.74) is 6.20. The molecule has 0 aliphatic carbocycles. The number of H-pyrrole nitrogens is 1. The Morgan fingerprint density at radius 2 is 1.68 bits per heavy atom. The number of rotatable bonds is 9. The third kappa shape index (κ3) is 4.55. The molecule has 0 saturated carbocycles. The molecule has 0 amide bonds. The zero-order chi connectivity index (χ0) is 27.0. The topological polar surface area (TPSA) is 80.1 Å². The maximum absolute atomic E-state index is 12.3. The number of carboxylic acid groups (broad SMARTS) is 1. The third-order valence-corrected chi connectivity index (χ3v) is 7.22. The third-order valence-electron chi connectivity index (χ3n) is 7.22. The van der Waals surface area contributed by atoms with Gasteiger partial charge >= 0.3 is 5.97 Å². The van der Waals surface area contributed by atoms with Gasteiger partial charge in [-0.2, -0.15) is 5.10 Å². The molecule has 6 heteroatoms. The molecule has 0 unspecified atom stereocenters. The number of aryl methyl sites for hydroxylation is 2. The summed E-state index contributed by atoms with van der Waals surface area (Å²) in [5.74, 6) is 0.404. The number of nitrogens with zero attached hydrogens (tertiary/aromatic N) is 2. The highest BCUT2D eigenvalue weighted by atomic mass is 16.5. The summed E-state index contributed by atoms with van der Waals surface area (Å²) in [6, 6.07) is 20.3. The minimum atomic E-state index is -0.948. The highest BCUT2D eigenvalue weighted by Crippen LogP contribution is 2.40. The van der Waals surface area contributed by atoms with E-state index in [-0.39, 0.29) is 17.5 Å². The van der Waals surface area contributed by atoms with Crippen LogP contribution in [-0.4, -0.2) is 32.4 Å². The molecule has 0 fully saturated rings. The van der Waals surface area contributed by atoms with E-state index in [0.29, 0.717) is 19.4 Å². The van der Waals surface area contributed by atoms with Crippen molar-refractivity contribution in [3.63, 3.8) is 0 Å². The van der Waals surface area contributed by atoms with Gasteiger partial charge in [0.05, 0.1) is 17.8 Å². The molecule has 2 heterocycles. The lowest BCUT2D eigenvalue weighted by atomic mass is 9.91. The van der Waals surface area contributed by atoms with Gasteiger partial charge in [0, 0.05) is 34.6 Å². The largest absolute Gasteiger partial charge is 0.493 e. The van der Waals surface area contributed by atoms with E-state index in [1.54, 1.807) is 0 Å². The molecule has 0 radical (unpaired) electrons. The van der Waals surface area contributed by atoms with Gasteiger partial charge in [-0.3, -0.25) is 4.68 Å². The van der Waals surface area contributed by atoms with E-state index in [4.69, 9.17) is 9.84 Å². The Hall–Kier alpha value is -4.06. The van der Waals surface area contributed by atoms with Crippen LogP contribution in [0.5, 0.6) is 5.75 Å². The van der Waals surface area contributed by atoms with Crippen molar-refractivity contribution in [2.45, 2.75) is 52.4 Å². The average Bonchev–Trinajstić information content (AvgIpc) is 3.45. The molecule has 0 spiro atoms. The molecule has 5 rings (SSSR count). The number of hydrogen-bond donors (Lipinski definition) is 2. The lowest BCUT2D eigenvalue weighted by Gasteiger charge is -2.13. The van der Waals surface area contributed by atoms with Gasteiger partial charge in [0.1, 0.15) is 11.4 Å². The Kier molecular flexibility index (Phi) is 6.98. The smallest absolute Gasteiger partial charge is 0.352 e. The van der Waals surface area contributed by atoms with E-state index in [9.17, 15) is 9.90 Å². The molecule has 196 valence electrons. The van der Waals surface area contributed by atoms with Crippen molar-refractivity contribution in [2.24, 2.45) is 7.05 Å². The van der Waals surface area contributed by atoms with Gasteiger partial charge in [-0.25, -0.2) is 4.79 Å². The first-order valence-electron chi connectivity index (χ1n) is 13.3. The van der Waals surface area contributed by atoms with E-state index in [1.165, 1.54) is 0 Å². The number of aromatic nitrogens is 3. The first-order chi connectivity index (χ1) is 18.3. The van der Waals surface area contributed by atoms with Crippen LogP contribution in [0.3, 0.4) is 0 Å². The molecule has 0 bridgehead atoms. The van der Waals surface area contributed by atoms with Crippen LogP contribution in [0.1, 0.15) is 73.4 Å². The summed E-state index contributed by atoms with van der Waals surface area (Å²) in [5, 5.41) is 18.1. The standard InChI is InChI=1S/C32H35N3O3/c1-19(2)28-27(31(20(3)4)35(5)34-28)25-15-9-14-23-24(30(32(36)37)33-29(23)25)16-10-18-38-26-17-8-12-21-11-6-7-13-22(21)26/h6-9,11-15,17,19-20,33H,10,16,18H2,1-5H3,(H,36,37). The number of aromatic amines is 1. The van der Waals surface area contributed by atoms with Crippen molar-refractivity contribution in [1.29, 1.82) is 0 Å². The minimum Gasteiger partial charge on any atom is -0.493 e. The van der Waals surface area contributed by atoms with Crippen LogP contribution < -0.4 is 4.74 Å². The summed E-state index contributed by atoms with van der Waals surface area (Å²) in [6.45, 7) is 9.13. The Morgan fingerprint density at radius 3 is 2.42 bits per heavy atom. The quantitative estimate of drug-likeness (QED) is 0.200. The number of aromatic carboxylic acids is 1. The maximum atomic E-state index is 12.3. The van der Waals surface area contributed by atoms with Crippen LogP contribution in [0, 0.1) is 0 Å². The Bertz CT molecular complexity index is 1620. The minimum absolute atomic E-state index is 0.235. The molecular formula is C32H35N3O3. The lowest BCUT2D eigenvalue weighted by Crippen LogP contribution is -2.04. The van der Waals surface area contributed by atoms with Crippen molar-refractivity contribution in [3.8, 4) is 16.9 Å². The number of nitrogens with one attached hydrogen (secondary N) is 1. The number of carbonyl (C=O) groups is 1. The molecule has 6 nitrogen and oxygen atoms in total. The maximum Gasteiger partial charge on any atom is 0.352 e. The van der Waals surface area contributed by atoms with Crippen LogP contribution in [0.4, 0.5) is 0 Å². The predicted molar refractivity (Wildman–Crippen MR) is 153 cm³/mol. The van der Waals surface area contributed by atoms with E-state index in [1.807, 2.05) is 48.1 Å². The van der Waals surface area contributed by atoms with Gasteiger partial charge in [-0.15, -0.1) is 0 Å². The first-order valence-corrected chi connectivity index (χ1v) is 13.3. The SMILES string of the molecule is CC(C)c1nn(C)c(C(C)C)c1-c1cccc2c(CCCOc3cccc4ccccc34)c(C(=O)O)[nH]c12. The second kappa shape index (κ2) is 10.4. The molecule has 0 aliphatic heterocycles. The fourth-order valence-corrected chi connectivity index (χ4v) is 5.58. The van der Waals surface area contributed by atoms with Crippen molar-refractivity contribution >= 4 is 27.6 Å². The lowest BCUT2D eigenvalue weighted by molar-refractivity contribution is 0.0690. The molecule has 2 N–H and O–H groups in total. The van der Waals surface area contributed by atoms with Crippen molar-refractivity contribution in [1.82, 2.24) is 14.8 Å². The Labute approximate surface area is 223 Å². The van der Waals surface area contributed by atoms with Crippen LogP contribution >= 0.6 is 0 Å². The zero-order valence-corrected chi connectivity index (χ0v) is 22.7. The van der Waals surface area contributed by atoms with Gasteiger partial charge in [0.2, 0.25) is 0 Å². The summed E-state index contributed by atoms with van der Waals surface area (Å²) >= 11 is 0. The normalized spacial score (nSPS) is 11.8. The Morgan fingerprint density at radius 1 is 0.974 bits per heavy atom. The van der Waals surface area contributed by atoms with Gasteiger partial charge < -0.3 is 14.8 Å². The number of carboxylic acids is 1. The highest BCUT2D eigenvalue weighted by Gasteiger charge is 2.26. The van der Waals surface area contributed by atoms with Crippen LogP contribution in [0.25, 0.3) is 32.8 Å². The van der Waals surface area contributed by atoms with E-state index in [2.05, 4.69) is 56.9 Å². The second-order valence-electron chi connectivity index (χ2n) is 10.5. The summed E-state index contributed by atoms with van der Waals surface area (Å²) < 4.78 is 8.11. The summed E-state index contributed by atoms with van der Waals surface area (Å²) in [7, 11) is 1.99. The summed E-state index contributed by atoms with van der Waals surface area (Å²) in [6.07, 6.45) is 1.29. The van der Waals surface area contributed by atoms with Crippen LogP contribution in [-0.2, 0) is 13.5 Å². The number of hydrogen-bond acceptors (Lipinski definition) is 3. The molecule has 0 saturated heterocycles. The van der Waals surface area contributed by atoms with E-state index in [0.717, 1.165) is 55.5 Å². The molecule has 38 heavy (non-hydrogen) atoms. The first kappa shape index (κ1) is 25.6. The fraction of sp³-hybridized carbons (Fsp3) is 0.312. The number of ether oxygens (including phenoxy) is 1. The molecule has 2 aromatic heterocycles. The highest BCUT2D eigenvalue weighted by molar-refractivity contribution is 6.03. The predicted octanol–water partition coefficient (Wildman–Crippen LogP) is 7.68. The van der Waals surface area contributed by atoms with E-state index >= 15 is 0 Å². The number of benzene rings is 3. The number of para-hydroxylation sites is 1. The van der Waals surface area contributed by atoms with Crippen LogP contribution in [0.15, 0.2) is 60.7 Å². The van der Waals surface area contributed by atoms with Crippen molar-refractivity contribution < 1.29 is 14.6 Å². The van der Waals surface area contributed by atoms with Gasteiger partial charge in [-0.1, -0.05) is 82.3 Å².